The summed E-state index contributed by atoms with van der Waals surface area (Å²) in [7, 11) is 4.19. The van der Waals surface area contributed by atoms with Crippen LogP contribution in [-0.2, 0) is 19.6 Å². The van der Waals surface area contributed by atoms with Gasteiger partial charge in [-0.2, -0.15) is 0 Å². The van der Waals surface area contributed by atoms with Gasteiger partial charge in [0.1, 0.15) is 5.75 Å². The maximum atomic E-state index is 6.02. The number of hydrogen-bond donors (Lipinski definition) is 2. The predicted molar refractivity (Wildman–Crippen MR) is 136 cm³/mol. The molecule has 0 heterocycles. The normalized spacial score (nSPS) is 13.7. The molecule has 0 radical (unpaired) electrons. The van der Waals surface area contributed by atoms with Crippen molar-refractivity contribution in [2.45, 2.75) is 39.4 Å². The maximum Gasteiger partial charge on any atom is 0.191 e. The number of ether oxygens (including phenoxy) is 1. The summed E-state index contributed by atoms with van der Waals surface area (Å²) in [5, 5.41) is 6.83. The average Bonchev–Trinajstić information content (AvgIpc) is 3.54. The van der Waals surface area contributed by atoms with Gasteiger partial charge in [-0.1, -0.05) is 42.5 Å². The number of nitrogens with one attached hydrogen (secondary N) is 2. The van der Waals surface area contributed by atoms with Gasteiger partial charge >= 0.3 is 0 Å². The quantitative estimate of drug-likeness (QED) is 0.276. The minimum atomic E-state index is 0. The minimum Gasteiger partial charge on any atom is -0.493 e. The van der Waals surface area contributed by atoms with Crippen LogP contribution in [0.1, 0.15) is 36.5 Å². The second-order valence-corrected chi connectivity index (χ2v) is 7.92. The van der Waals surface area contributed by atoms with E-state index in [0.717, 1.165) is 49.4 Å². The van der Waals surface area contributed by atoms with Crippen molar-refractivity contribution in [3.05, 3.63) is 65.2 Å². The second kappa shape index (κ2) is 12.8. The summed E-state index contributed by atoms with van der Waals surface area (Å²) in [6, 6.07) is 16.8. The molecule has 0 atom stereocenters. The largest absolute Gasteiger partial charge is 0.493 e. The van der Waals surface area contributed by atoms with Gasteiger partial charge in [0.05, 0.1) is 13.2 Å². The molecular weight excluding hydrogens is 487 g/mol. The monoisotopic (exact) mass is 522 g/mol. The first-order valence-electron chi connectivity index (χ1n) is 10.6. The van der Waals surface area contributed by atoms with Gasteiger partial charge in [0.25, 0.3) is 0 Å². The van der Waals surface area contributed by atoms with E-state index in [2.05, 4.69) is 66.9 Å². The molecular formula is C24H35IN4O. The highest BCUT2D eigenvalue weighted by Gasteiger charge is 2.22. The first kappa shape index (κ1) is 24.5. The van der Waals surface area contributed by atoms with Crippen molar-refractivity contribution in [1.82, 2.24) is 15.5 Å². The Kier molecular flexibility index (Phi) is 10.4. The summed E-state index contributed by atoms with van der Waals surface area (Å²) in [5.74, 6) is 2.52. The van der Waals surface area contributed by atoms with Gasteiger partial charge < -0.3 is 20.3 Å². The van der Waals surface area contributed by atoms with Crippen LogP contribution in [0.5, 0.6) is 5.75 Å². The van der Waals surface area contributed by atoms with E-state index in [1.807, 2.05) is 18.2 Å². The summed E-state index contributed by atoms with van der Waals surface area (Å²) in [6.45, 7) is 6.00. The van der Waals surface area contributed by atoms with Crippen molar-refractivity contribution in [2.24, 2.45) is 10.9 Å². The number of guanidine groups is 1. The number of nitrogens with zero attached hydrogens (tertiary/aromatic N) is 2. The highest BCUT2D eigenvalue weighted by atomic mass is 127. The van der Waals surface area contributed by atoms with E-state index in [0.29, 0.717) is 6.54 Å². The van der Waals surface area contributed by atoms with E-state index < -0.39 is 0 Å². The molecule has 2 aromatic carbocycles. The number of hydrogen-bond acceptors (Lipinski definition) is 3. The lowest BCUT2D eigenvalue weighted by atomic mass is 10.1. The summed E-state index contributed by atoms with van der Waals surface area (Å²) >= 11 is 0. The molecule has 0 bridgehead atoms. The van der Waals surface area contributed by atoms with Crippen LogP contribution in [0.2, 0.25) is 0 Å². The lowest BCUT2D eigenvalue weighted by Gasteiger charge is -2.16. The zero-order valence-corrected chi connectivity index (χ0v) is 20.7. The first-order valence-corrected chi connectivity index (χ1v) is 10.6. The first-order chi connectivity index (χ1) is 14.2. The molecule has 0 saturated heterocycles. The van der Waals surface area contributed by atoms with Gasteiger partial charge in [0, 0.05) is 25.2 Å². The molecule has 30 heavy (non-hydrogen) atoms. The Balaban J connectivity index is 0.00000320. The zero-order chi connectivity index (χ0) is 20.5. The molecule has 2 aromatic rings. The molecule has 1 fully saturated rings. The Morgan fingerprint density at radius 3 is 2.33 bits per heavy atom. The van der Waals surface area contributed by atoms with Gasteiger partial charge in [0.15, 0.2) is 5.96 Å². The molecule has 1 aliphatic rings. The van der Waals surface area contributed by atoms with E-state index in [-0.39, 0.29) is 24.0 Å². The molecule has 3 rings (SSSR count). The van der Waals surface area contributed by atoms with Crippen LogP contribution in [0.25, 0.3) is 0 Å². The topological polar surface area (TPSA) is 48.9 Å². The molecule has 0 unspecified atom stereocenters. The highest BCUT2D eigenvalue weighted by Crippen LogP contribution is 2.30. The molecule has 0 spiro atoms. The van der Waals surface area contributed by atoms with Gasteiger partial charge in [0.2, 0.25) is 0 Å². The van der Waals surface area contributed by atoms with Crippen molar-refractivity contribution in [3.63, 3.8) is 0 Å². The molecule has 0 aromatic heterocycles. The zero-order valence-electron chi connectivity index (χ0n) is 18.4. The fourth-order valence-corrected chi connectivity index (χ4v) is 3.18. The Labute approximate surface area is 198 Å². The minimum absolute atomic E-state index is 0. The predicted octanol–water partition coefficient (Wildman–Crippen LogP) is 4.41. The third-order valence-electron chi connectivity index (χ3n) is 4.95. The van der Waals surface area contributed by atoms with Crippen LogP contribution in [0.15, 0.2) is 53.5 Å². The highest BCUT2D eigenvalue weighted by molar-refractivity contribution is 14.0. The second-order valence-electron chi connectivity index (χ2n) is 7.92. The van der Waals surface area contributed by atoms with E-state index in [9.17, 15) is 0 Å². The van der Waals surface area contributed by atoms with E-state index in [1.165, 1.54) is 24.0 Å². The van der Waals surface area contributed by atoms with Crippen LogP contribution in [0.4, 0.5) is 0 Å². The number of rotatable bonds is 10. The van der Waals surface area contributed by atoms with Crippen LogP contribution in [0.3, 0.4) is 0 Å². The fraction of sp³-hybridized carbons (Fsp3) is 0.458. The molecule has 0 aliphatic heterocycles. The number of para-hydroxylation sites is 1. The van der Waals surface area contributed by atoms with Crippen LogP contribution in [-0.4, -0.2) is 38.1 Å². The smallest absolute Gasteiger partial charge is 0.191 e. The summed E-state index contributed by atoms with van der Waals surface area (Å²) in [4.78, 5) is 6.99. The van der Waals surface area contributed by atoms with Crippen molar-refractivity contribution in [1.29, 1.82) is 0 Å². The van der Waals surface area contributed by atoms with Gasteiger partial charge in [-0.25, -0.2) is 4.99 Å². The van der Waals surface area contributed by atoms with Crippen molar-refractivity contribution in [2.75, 3.05) is 27.2 Å². The molecule has 6 heteroatoms. The molecule has 5 nitrogen and oxygen atoms in total. The summed E-state index contributed by atoms with van der Waals surface area (Å²) in [6.07, 6.45) is 2.59. The maximum absolute atomic E-state index is 6.02. The van der Waals surface area contributed by atoms with Gasteiger partial charge in [-0.15, -0.1) is 24.0 Å². The Morgan fingerprint density at radius 1 is 1.00 bits per heavy atom. The Hall–Kier alpha value is -1.80. The van der Waals surface area contributed by atoms with Gasteiger partial charge in [-0.3, -0.25) is 0 Å². The van der Waals surface area contributed by atoms with Crippen LogP contribution < -0.4 is 15.4 Å². The van der Waals surface area contributed by atoms with Crippen LogP contribution >= 0.6 is 24.0 Å². The third kappa shape index (κ3) is 8.14. The van der Waals surface area contributed by atoms with Crippen molar-refractivity contribution < 1.29 is 4.74 Å². The van der Waals surface area contributed by atoms with Crippen LogP contribution in [0, 0.1) is 5.92 Å². The standard InChI is InChI=1S/C24H34N4O.HI/c1-4-25-24(26-15-20-9-5-6-11-22(20)17-28(2)3)27-16-21-10-7-8-12-23(21)29-18-19-13-14-19;/h5-12,19H,4,13-18H2,1-3H3,(H2,25,26,27);1H. The fourth-order valence-electron chi connectivity index (χ4n) is 3.18. The van der Waals surface area contributed by atoms with E-state index in [4.69, 9.17) is 9.73 Å². The summed E-state index contributed by atoms with van der Waals surface area (Å²) < 4.78 is 6.02. The molecule has 1 saturated carbocycles. The van der Waals surface area contributed by atoms with Crippen molar-refractivity contribution in [3.8, 4) is 5.75 Å². The van der Waals surface area contributed by atoms with E-state index >= 15 is 0 Å². The number of benzene rings is 2. The molecule has 0 amide bonds. The van der Waals surface area contributed by atoms with Crippen molar-refractivity contribution >= 4 is 29.9 Å². The van der Waals surface area contributed by atoms with E-state index in [1.54, 1.807) is 0 Å². The lowest BCUT2D eigenvalue weighted by Crippen LogP contribution is -2.37. The Bertz CT molecular complexity index is 805. The summed E-state index contributed by atoms with van der Waals surface area (Å²) in [5.41, 5.74) is 3.75. The lowest BCUT2D eigenvalue weighted by molar-refractivity contribution is 0.297. The molecule has 2 N–H and O–H groups in total. The molecule has 1 aliphatic carbocycles. The SMILES string of the molecule is CCNC(=NCc1ccccc1OCC1CC1)NCc1ccccc1CN(C)C.I. The number of aliphatic imine (C=N–C) groups is 1. The molecule has 164 valence electrons. The Morgan fingerprint density at radius 2 is 1.67 bits per heavy atom. The average molecular weight is 522 g/mol. The third-order valence-corrected chi connectivity index (χ3v) is 4.95. The number of halogens is 1. The van der Waals surface area contributed by atoms with Gasteiger partial charge in [-0.05, 0) is 57.0 Å².